The van der Waals surface area contributed by atoms with Gasteiger partial charge in [-0.3, -0.25) is 9.89 Å². The maximum absolute atomic E-state index is 11.4. The molecule has 0 aliphatic carbocycles. The third-order valence-electron chi connectivity index (χ3n) is 1.87. The lowest BCUT2D eigenvalue weighted by atomic mass is 10.2. The molecule has 0 bridgehead atoms. The molecule has 4 heteroatoms. The van der Waals surface area contributed by atoms with Crippen LogP contribution in [0.4, 0.5) is 5.69 Å². The van der Waals surface area contributed by atoms with Gasteiger partial charge in [0.1, 0.15) is 0 Å². The number of rotatable bonds is 2. The molecule has 70 valence electrons. The molecule has 0 aliphatic rings. The van der Waals surface area contributed by atoms with Crippen LogP contribution < -0.4 is 5.32 Å². The fraction of sp³-hybridized carbons (Fsp3) is 0.333. The van der Waals surface area contributed by atoms with Crippen molar-refractivity contribution < 1.29 is 4.79 Å². The molecule has 0 radical (unpaired) electrons. The number of nitrogens with zero attached hydrogens (tertiary/aromatic N) is 1. The molecule has 0 fully saturated rings. The number of H-pyrrole nitrogens is 1. The average Bonchev–Trinajstić information content (AvgIpc) is 2.50. The molecule has 4 nitrogen and oxygen atoms in total. The van der Waals surface area contributed by atoms with Gasteiger partial charge in [0.2, 0.25) is 0 Å². The zero-order valence-electron chi connectivity index (χ0n) is 8.01. The zero-order valence-corrected chi connectivity index (χ0v) is 8.01. The van der Waals surface area contributed by atoms with Gasteiger partial charge in [-0.25, -0.2) is 0 Å². The quantitative estimate of drug-likeness (QED) is 0.678. The molecular weight excluding hydrogens is 166 g/mol. The maximum atomic E-state index is 11.4. The first-order chi connectivity index (χ1) is 6.15. The first-order valence-electron chi connectivity index (χ1n) is 4.09. The summed E-state index contributed by atoms with van der Waals surface area (Å²) in [4.78, 5) is 11.4. The molecule has 0 aliphatic heterocycles. The van der Waals surface area contributed by atoms with E-state index in [2.05, 4.69) is 15.5 Å². The lowest BCUT2D eigenvalue weighted by molar-refractivity contribution is -0.112. The Balaban J connectivity index is 2.71. The number of aryl methyl sites for hydroxylation is 1. The van der Waals surface area contributed by atoms with Gasteiger partial charge in [0.15, 0.2) is 0 Å². The number of nitrogens with one attached hydrogen (secondary N) is 2. The van der Waals surface area contributed by atoms with Gasteiger partial charge in [-0.05, 0) is 20.8 Å². The molecule has 2 N–H and O–H groups in total. The van der Waals surface area contributed by atoms with Crippen molar-refractivity contribution in [1.29, 1.82) is 0 Å². The summed E-state index contributed by atoms with van der Waals surface area (Å²) >= 11 is 0. The van der Waals surface area contributed by atoms with Crippen molar-refractivity contribution in [3.05, 3.63) is 23.5 Å². The molecular formula is C9H13N3O. The van der Waals surface area contributed by atoms with Gasteiger partial charge in [-0.15, -0.1) is 0 Å². The van der Waals surface area contributed by atoms with E-state index in [0.29, 0.717) is 5.57 Å². The van der Waals surface area contributed by atoms with Crippen LogP contribution in [-0.2, 0) is 4.79 Å². The Bertz CT molecular complexity index is 338. The molecule has 13 heavy (non-hydrogen) atoms. The van der Waals surface area contributed by atoms with Gasteiger partial charge >= 0.3 is 0 Å². The third kappa shape index (κ3) is 2.18. The highest BCUT2D eigenvalue weighted by Gasteiger charge is 2.06. The number of hydrogen-bond donors (Lipinski definition) is 2. The molecule has 0 saturated heterocycles. The van der Waals surface area contributed by atoms with Crippen molar-refractivity contribution in [2.24, 2.45) is 0 Å². The Morgan fingerprint density at radius 3 is 2.85 bits per heavy atom. The molecule has 1 amide bonds. The summed E-state index contributed by atoms with van der Waals surface area (Å²) in [5.41, 5.74) is 2.28. The molecule has 0 atom stereocenters. The van der Waals surface area contributed by atoms with Crippen LogP contribution in [0.15, 0.2) is 17.8 Å². The lowest BCUT2D eigenvalue weighted by Gasteiger charge is -2.02. The fourth-order valence-corrected chi connectivity index (χ4v) is 0.829. The van der Waals surface area contributed by atoms with E-state index >= 15 is 0 Å². The summed E-state index contributed by atoms with van der Waals surface area (Å²) < 4.78 is 0. The Morgan fingerprint density at radius 1 is 1.69 bits per heavy atom. The number of aromatic nitrogens is 2. The summed E-state index contributed by atoms with van der Waals surface area (Å²) in [6.45, 7) is 5.45. The largest absolute Gasteiger partial charge is 0.319 e. The molecule has 1 aromatic heterocycles. The van der Waals surface area contributed by atoms with Crippen molar-refractivity contribution in [3.8, 4) is 0 Å². The second-order valence-corrected chi connectivity index (χ2v) is 2.83. The van der Waals surface area contributed by atoms with Crippen LogP contribution in [0.1, 0.15) is 19.5 Å². The summed E-state index contributed by atoms with van der Waals surface area (Å²) in [5, 5.41) is 9.29. The predicted octanol–water partition coefficient (Wildman–Crippen LogP) is 1.62. The van der Waals surface area contributed by atoms with E-state index in [0.717, 1.165) is 11.4 Å². The van der Waals surface area contributed by atoms with Crippen molar-refractivity contribution in [2.75, 3.05) is 5.32 Å². The molecule has 0 aromatic carbocycles. The smallest absolute Gasteiger partial charge is 0.251 e. The number of carbonyl (C=O) groups excluding carboxylic acids is 1. The van der Waals surface area contributed by atoms with Crippen LogP contribution >= 0.6 is 0 Å². The Morgan fingerprint density at radius 2 is 2.38 bits per heavy atom. The Labute approximate surface area is 77.0 Å². The average molecular weight is 179 g/mol. The van der Waals surface area contributed by atoms with Gasteiger partial charge in [0.25, 0.3) is 5.91 Å². The lowest BCUT2D eigenvalue weighted by Crippen LogP contribution is -2.12. The number of carbonyl (C=O) groups is 1. The number of allylic oxidation sites excluding steroid dienone is 1. The second-order valence-electron chi connectivity index (χ2n) is 2.83. The van der Waals surface area contributed by atoms with E-state index in [4.69, 9.17) is 0 Å². The molecule has 0 spiro atoms. The van der Waals surface area contributed by atoms with E-state index in [1.807, 2.05) is 13.8 Å². The zero-order chi connectivity index (χ0) is 9.84. The minimum absolute atomic E-state index is 0.0907. The molecule has 0 saturated carbocycles. The number of hydrogen-bond acceptors (Lipinski definition) is 2. The summed E-state index contributed by atoms with van der Waals surface area (Å²) in [6.07, 6.45) is 3.36. The SMILES string of the molecule is C/C=C(/C)C(=O)Nc1cn[nH]c1C. The molecule has 1 heterocycles. The van der Waals surface area contributed by atoms with E-state index < -0.39 is 0 Å². The highest BCUT2D eigenvalue weighted by Crippen LogP contribution is 2.10. The van der Waals surface area contributed by atoms with Crippen molar-refractivity contribution in [1.82, 2.24) is 10.2 Å². The standard InChI is InChI=1S/C9H13N3O/c1-4-6(2)9(13)11-8-5-10-12-7(8)3/h4-5H,1-3H3,(H,10,12)(H,11,13)/b6-4-. The Hall–Kier alpha value is -1.58. The normalized spacial score (nSPS) is 11.5. The monoisotopic (exact) mass is 179 g/mol. The fourth-order valence-electron chi connectivity index (χ4n) is 0.829. The van der Waals surface area contributed by atoms with Crippen LogP contribution in [0.25, 0.3) is 0 Å². The number of anilines is 1. The second kappa shape index (κ2) is 3.89. The minimum Gasteiger partial charge on any atom is -0.319 e. The molecule has 0 unspecified atom stereocenters. The van der Waals surface area contributed by atoms with Crippen molar-refractivity contribution >= 4 is 11.6 Å². The summed E-state index contributed by atoms with van der Waals surface area (Å²) in [7, 11) is 0. The summed E-state index contributed by atoms with van der Waals surface area (Å²) in [5.74, 6) is -0.0907. The first-order valence-corrected chi connectivity index (χ1v) is 4.09. The number of aromatic amines is 1. The van der Waals surface area contributed by atoms with Crippen LogP contribution in [0.3, 0.4) is 0 Å². The van der Waals surface area contributed by atoms with Gasteiger partial charge < -0.3 is 5.32 Å². The van der Waals surface area contributed by atoms with Crippen LogP contribution in [0.5, 0.6) is 0 Å². The van der Waals surface area contributed by atoms with Crippen LogP contribution in [0.2, 0.25) is 0 Å². The number of amides is 1. The van der Waals surface area contributed by atoms with Crippen molar-refractivity contribution in [2.45, 2.75) is 20.8 Å². The van der Waals surface area contributed by atoms with Gasteiger partial charge in [0.05, 0.1) is 17.6 Å². The van der Waals surface area contributed by atoms with Crippen molar-refractivity contribution in [3.63, 3.8) is 0 Å². The van der Waals surface area contributed by atoms with E-state index in [1.165, 1.54) is 0 Å². The topological polar surface area (TPSA) is 57.8 Å². The van der Waals surface area contributed by atoms with Gasteiger partial charge in [-0.1, -0.05) is 6.08 Å². The highest BCUT2D eigenvalue weighted by atomic mass is 16.1. The van der Waals surface area contributed by atoms with E-state index in [1.54, 1.807) is 19.2 Å². The minimum atomic E-state index is -0.0907. The summed E-state index contributed by atoms with van der Waals surface area (Å²) in [6, 6.07) is 0. The van der Waals surface area contributed by atoms with Gasteiger partial charge in [0, 0.05) is 5.57 Å². The van der Waals surface area contributed by atoms with Crippen LogP contribution in [0, 0.1) is 6.92 Å². The highest BCUT2D eigenvalue weighted by molar-refractivity contribution is 6.03. The maximum Gasteiger partial charge on any atom is 0.251 e. The van der Waals surface area contributed by atoms with Gasteiger partial charge in [-0.2, -0.15) is 5.10 Å². The first kappa shape index (κ1) is 9.51. The predicted molar refractivity (Wildman–Crippen MR) is 51.4 cm³/mol. The molecule has 1 aromatic rings. The molecule has 1 rings (SSSR count). The van der Waals surface area contributed by atoms with E-state index in [9.17, 15) is 4.79 Å². The van der Waals surface area contributed by atoms with E-state index in [-0.39, 0.29) is 5.91 Å². The van der Waals surface area contributed by atoms with Crippen LogP contribution in [-0.4, -0.2) is 16.1 Å². The third-order valence-corrected chi connectivity index (χ3v) is 1.87. The Kier molecular flexibility index (Phi) is 2.84.